The van der Waals surface area contributed by atoms with E-state index in [2.05, 4.69) is 34.5 Å². The van der Waals surface area contributed by atoms with Gasteiger partial charge in [-0.15, -0.1) is 0 Å². The number of piperazine rings is 1. The number of likely N-dealkylation sites (tertiary alicyclic amines) is 1. The number of carbonyl (C=O) groups is 2. The quantitative estimate of drug-likeness (QED) is 0.710. The van der Waals surface area contributed by atoms with Crippen LogP contribution in [0.1, 0.15) is 50.5 Å². The van der Waals surface area contributed by atoms with Gasteiger partial charge in [0.2, 0.25) is 5.91 Å². The van der Waals surface area contributed by atoms with Crippen LogP contribution in [-0.2, 0) is 11.3 Å². The molecular formula is C25H38N4O2. The Hall–Kier alpha value is -2.08. The lowest BCUT2D eigenvalue weighted by Crippen LogP contribution is -2.49. The monoisotopic (exact) mass is 426 g/mol. The van der Waals surface area contributed by atoms with E-state index in [4.69, 9.17) is 0 Å². The average Bonchev–Trinajstić information content (AvgIpc) is 2.82. The maximum Gasteiger partial charge on any atom is 0.317 e. The van der Waals surface area contributed by atoms with Crippen LogP contribution in [0.15, 0.2) is 30.3 Å². The van der Waals surface area contributed by atoms with E-state index in [9.17, 15) is 9.59 Å². The molecule has 4 rings (SSSR count). The smallest absolute Gasteiger partial charge is 0.317 e. The zero-order valence-electron chi connectivity index (χ0n) is 18.8. The van der Waals surface area contributed by atoms with Crippen molar-refractivity contribution in [1.82, 2.24) is 20.0 Å². The first kappa shape index (κ1) is 22.1. The summed E-state index contributed by atoms with van der Waals surface area (Å²) in [5.74, 6) is 1.76. The lowest BCUT2D eigenvalue weighted by atomic mass is 9.75. The molecule has 2 aliphatic heterocycles. The van der Waals surface area contributed by atoms with Gasteiger partial charge in [-0.3, -0.25) is 9.69 Å². The molecule has 2 saturated heterocycles. The van der Waals surface area contributed by atoms with Crippen molar-refractivity contribution >= 4 is 11.9 Å². The fourth-order valence-corrected chi connectivity index (χ4v) is 5.49. The second-order valence-electron chi connectivity index (χ2n) is 9.52. The van der Waals surface area contributed by atoms with Crippen molar-refractivity contribution in [2.45, 2.75) is 51.5 Å². The zero-order chi connectivity index (χ0) is 21.5. The summed E-state index contributed by atoms with van der Waals surface area (Å²) in [7, 11) is 0. The molecule has 0 radical (unpaired) electrons. The van der Waals surface area contributed by atoms with E-state index in [-0.39, 0.29) is 11.9 Å². The number of amides is 3. The van der Waals surface area contributed by atoms with Crippen LogP contribution in [0.5, 0.6) is 0 Å². The normalized spacial score (nSPS) is 24.5. The average molecular weight is 427 g/mol. The molecule has 6 heteroatoms. The number of piperidine rings is 1. The van der Waals surface area contributed by atoms with Crippen molar-refractivity contribution in [3.05, 3.63) is 35.9 Å². The van der Waals surface area contributed by atoms with Crippen LogP contribution in [0.4, 0.5) is 4.79 Å². The van der Waals surface area contributed by atoms with Gasteiger partial charge in [-0.05, 0) is 36.7 Å². The summed E-state index contributed by atoms with van der Waals surface area (Å²) in [4.78, 5) is 31.5. The van der Waals surface area contributed by atoms with Gasteiger partial charge in [-0.2, -0.15) is 0 Å². The Bertz CT molecular complexity index is 717. The third-order valence-electron chi connectivity index (χ3n) is 7.40. The highest BCUT2D eigenvalue weighted by Gasteiger charge is 2.32. The molecule has 3 fully saturated rings. The number of rotatable bonds is 6. The minimum atomic E-state index is 0.0611. The van der Waals surface area contributed by atoms with Gasteiger partial charge in [-0.1, -0.05) is 49.6 Å². The molecule has 170 valence electrons. The van der Waals surface area contributed by atoms with E-state index in [1.54, 1.807) is 0 Å². The molecule has 31 heavy (non-hydrogen) atoms. The molecule has 2 unspecified atom stereocenters. The molecule has 1 aliphatic carbocycles. The van der Waals surface area contributed by atoms with Crippen molar-refractivity contribution < 1.29 is 9.59 Å². The Morgan fingerprint density at radius 2 is 1.61 bits per heavy atom. The second kappa shape index (κ2) is 11.0. The van der Waals surface area contributed by atoms with E-state index in [0.717, 1.165) is 58.2 Å². The van der Waals surface area contributed by atoms with E-state index in [0.29, 0.717) is 25.3 Å². The van der Waals surface area contributed by atoms with Crippen LogP contribution in [0.2, 0.25) is 0 Å². The van der Waals surface area contributed by atoms with Gasteiger partial charge in [0.1, 0.15) is 0 Å². The zero-order valence-corrected chi connectivity index (χ0v) is 18.8. The summed E-state index contributed by atoms with van der Waals surface area (Å²) in [6.07, 6.45) is 7.71. The van der Waals surface area contributed by atoms with E-state index in [1.807, 2.05) is 15.9 Å². The molecule has 3 aliphatic rings. The first-order valence-electron chi connectivity index (χ1n) is 12.3. The fourth-order valence-electron chi connectivity index (χ4n) is 5.49. The van der Waals surface area contributed by atoms with Gasteiger partial charge < -0.3 is 15.1 Å². The molecular weight excluding hydrogens is 388 g/mol. The first-order valence-corrected chi connectivity index (χ1v) is 12.3. The largest absolute Gasteiger partial charge is 0.340 e. The molecule has 1 saturated carbocycles. The molecule has 0 spiro atoms. The SMILES string of the molecule is O=C(CCCNC(=O)N1CCC2CCCCC2C1)N1CCN(Cc2ccccc2)CC1. The minimum absolute atomic E-state index is 0.0611. The Labute approximate surface area is 187 Å². The van der Waals surface area contributed by atoms with Gasteiger partial charge in [0.25, 0.3) is 0 Å². The highest BCUT2D eigenvalue weighted by atomic mass is 16.2. The van der Waals surface area contributed by atoms with Crippen molar-refractivity contribution in [3.8, 4) is 0 Å². The number of fused-ring (bicyclic) bond motifs is 1. The summed E-state index contributed by atoms with van der Waals surface area (Å²) in [6.45, 7) is 6.80. The number of hydrogen-bond acceptors (Lipinski definition) is 3. The molecule has 6 nitrogen and oxygen atoms in total. The summed E-state index contributed by atoms with van der Waals surface area (Å²) in [5, 5.41) is 3.05. The third kappa shape index (κ3) is 6.22. The molecule has 1 aromatic rings. The lowest BCUT2D eigenvalue weighted by Gasteiger charge is -2.41. The van der Waals surface area contributed by atoms with Gasteiger partial charge >= 0.3 is 6.03 Å². The van der Waals surface area contributed by atoms with Crippen molar-refractivity contribution in [2.75, 3.05) is 45.8 Å². The Morgan fingerprint density at radius 1 is 0.871 bits per heavy atom. The van der Waals surface area contributed by atoms with Crippen LogP contribution in [0.3, 0.4) is 0 Å². The predicted molar refractivity (Wildman–Crippen MR) is 123 cm³/mol. The molecule has 0 bridgehead atoms. The van der Waals surface area contributed by atoms with Crippen LogP contribution in [-0.4, -0.2) is 72.5 Å². The topological polar surface area (TPSA) is 55.9 Å². The Kier molecular flexibility index (Phi) is 7.84. The molecule has 2 atom stereocenters. The third-order valence-corrected chi connectivity index (χ3v) is 7.40. The fraction of sp³-hybridized carbons (Fsp3) is 0.680. The number of benzene rings is 1. The molecule has 3 amide bonds. The van der Waals surface area contributed by atoms with Gasteiger partial charge in [0.15, 0.2) is 0 Å². The summed E-state index contributed by atoms with van der Waals surface area (Å²) in [5.41, 5.74) is 1.32. The highest BCUT2D eigenvalue weighted by Crippen LogP contribution is 2.35. The van der Waals surface area contributed by atoms with Crippen molar-refractivity contribution in [1.29, 1.82) is 0 Å². The van der Waals surface area contributed by atoms with E-state index in [1.165, 1.54) is 31.2 Å². The number of urea groups is 1. The van der Waals surface area contributed by atoms with Crippen molar-refractivity contribution in [3.63, 3.8) is 0 Å². The number of nitrogens with one attached hydrogen (secondary N) is 1. The highest BCUT2D eigenvalue weighted by molar-refractivity contribution is 5.76. The first-order chi connectivity index (χ1) is 15.2. The molecule has 1 aromatic carbocycles. The molecule has 2 heterocycles. The van der Waals surface area contributed by atoms with Crippen LogP contribution < -0.4 is 5.32 Å². The summed E-state index contributed by atoms with van der Waals surface area (Å²) in [6, 6.07) is 10.6. The van der Waals surface area contributed by atoms with Crippen LogP contribution in [0, 0.1) is 11.8 Å². The number of hydrogen-bond donors (Lipinski definition) is 1. The maximum atomic E-state index is 12.6. The molecule has 0 aromatic heterocycles. The standard InChI is InChI=1S/C25H38N4O2/c30-24(28-17-15-27(16-18-28)19-21-7-2-1-3-8-21)11-6-13-26-25(31)29-14-12-22-9-4-5-10-23(22)20-29/h1-3,7-8,22-23H,4-6,9-20H2,(H,26,31). The second-order valence-corrected chi connectivity index (χ2v) is 9.52. The summed E-state index contributed by atoms with van der Waals surface area (Å²) < 4.78 is 0. The van der Waals surface area contributed by atoms with E-state index < -0.39 is 0 Å². The van der Waals surface area contributed by atoms with Gasteiger partial charge in [0.05, 0.1) is 0 Å². The number of nitrogens with zero attached hydrogens (tertiary/aromatic N) is 3. The van der Waals surface area contributed by atoms with Crippen molar-refractivity contribution in [2.24, 2.45) is 11.8 Å². The van der Waals surface area contributed by atoms with Gasteiger partial charge in [0, 0.05) is 58.8 Å². The Balaban J connectivity index is 1.09. The summed E-state index contributed by atoms with van der Waals surface area (Å²) >= 11 is 0. The van der Waals surface area contributed by atoms with Crippen LogP contribution in [0.25, 0.3) is 0 Å². The lowest BCUT2D eigenvalue weighted by molar-refractivity contribution is -0.133. The Morgan fingerprint density at radius 3 is 2.39 bits per heavy atom. The van der Waals surface area contributed by atoms with E-state index >= 15 is 0 Å². The van der Waals surface area contributed by atoms with Gasteiger partial charge in [-0.25, -0.2) is 4.79 Å². The minimum Gasteiger partial charge on any atom is -0.340 e. The predicted octanol–water partition coefficient (Wildman–Crippen LogP) is 3.33. The number of carbonyl (C=O) groups excluding carboxylic acids is 2. The maximum absolute atomic E-state index is 12.6. The van der Waals surface area contributed by atoms with Crippen LogP contribution >= 0.6 is 0 Å². The molecule has 1 N–H and O–H groups in total.